The summed E-state index contributed by atoms with van der Waals surface area (Å²) >= 11 is 0. The molecule has 0 aromatic rings. The van der Waals surface area contributed by atoms with Crippen molar-refractivity contribution in [1.82, 2.24) is 5.32 Å². The molecule has 102 valence electrons. The van der Waals surface area contributed by atoms with Gasteiger partial charge in [0.05, 0.1) is 18.1 Å². The van der Waals surface area contributed by atoms with Crippen LogP contribution >= 0.6 is 0 Å². The molecule has 0 radical (unpaired) electrons. The van der Waals surface area contributed by atoms with Crippen molar-refractivity contribution in [3.63, 3.8) is 0 Å². The highest BCUT2D eigenvalue weighted by atomic mass is 16.3. The van der Waals surface area contributed by atoms with Crippen LogP contribution in [0.1, 0.15) is 44.9 Å². The quantitative estimate of drug-likeness (QED) is 0.680. The molecule has 18 heavy (non-hydrogen) atoms. The number of hydrogen-bond acceptors (Lipinski definition) is 3. The van der Waals surface area contributed by atoms with Crippen molar-refractivity contribution in [2.24, 2.45) is 23.5 Å². The lowest BCUT2D eigenvalue weighted by Gasteiger charge is -2.32. The van der Waals surface area contributed by atoms with E-state index >= 15 is 0 Å². The molecule has 4 unspecified atom stereocenters. The van der Waals surface area contributed by atoms with Crippen LogP contribution in [-0.4, -0.2) is 29.2 Å². The molecule has 1 amide bonds. The second kappa shape index (κ2) is 4.82. The summed E-state index contributed by atoms with van der Waals surface area (Å²) in [6, 6.07) is 0.00191. The summed E-state index contributed by atoms with van der Waals surface area (Å²) in [5.74, 6) is 1.14. The third kappa shape index (κ3) is 2.05. The fourth-order valence-corrected chi connectivity index (χ4v) is 4.28. The number of nitrogens with one attached hydrogen (secondary N) is 1. The molecule has 3 saturated carbocycles. The number of rotatable bonds is 2. The number of aliphatic hydroxyl groups excluding tert-OH is 1. The first-order valence-electron chi connectivity index (χ1n) is 7.41. The van der Waals surface area contributed by atoms with Crippen LogP contribution in [0.5, 0.6) is 0 Å². The first kappa shape index (κ1) is 12.4. The van der Waals surface area contributed by atoms with Gasteiger partial charge in [-0.1, -0.05) is 12.8 Å². The topological polar surface area (TPSA) is 75.4 Å². The second-order valence-electron chi connectivity index (χ2n) is 6.40. The zero-order valence-electron chi connectivity index (χ0n) is 10.8. The van der Waals surface area contributed by atoms with Gasteiger partial charge >= 0.3 is 0 Å². The van der Waals surface area contributed by atoms with Crippen molar-refractivity contribution < 1.29 is 9.90 Å². The van der Waals surface area contributed by atoms with Crippen LogP contribution in [0.3, 0.4) is 0 Å². The van der Waals surface area contributed by atoms with Gasteiger partial charge in [-0.25, -0.2) is 0 Å². The summed E-state index contributed by atoms with van der Waals surface area (Å²) in [7, 11) is 0. The molecule has 4 nitrogen and oxygen atoms in total. The zero-order valence-corrected chi connectivity index (χ0v) is 10.8. The van der Waals surface area contributed by atoms with Gasteiger partial charge in [0.1, 0.15) is 0 Å². The average Bonchev–Trinajstić information content (AvgIpc) is 2.92. The predicted molar refractivity (Wildman–Crippen MR) is 68.7 cm³/mol. The fraction of sp³-hybridized carbons (Fsp3) is 0.929. The monoisotopic (exact) mass is 252 g/mol. The van der Waals surface area contributed by atoms with E-state index in [9.17, 15) is 9.90 Å². The Morgan fingerprint density at radius 1 is 1.11 bits per heavy atom. The number of fused-ring (bicyclic) bond motifs is 2. The van der Waals surface area contributed by atoms with Crippen molar-refractivity contribution in [1.29, 1.82) is 0 Å². The summed E-state index contributed by atoms with van der Waals surface area (Å²) in [4.78, 5) is 12.4. The molecule has 6 atom stereocenters. The van der Waals surface area contributed by atoms with Crippen LogP contribution < -0.4 is 11.1 Å². The number of amides is 1. The molecule has 3 aliphatic rings. The maximum absolute atomic E-state index is 12.4. The first-order valence-corrected chi connectivity index (χ1v) is 7.41. The molecule has 4 heteroatoms. The number of carbonyl (C=O) groups excluding carboxylic acids is 1. The number of aliphatic hydroxyl groups is 1. The van der Waals surface area contributed by atoms with Gasteiger partial charge in [0.15, 0.2) is 0 Å². The van der Waals surface area contributed by atoms with Gasteiger partial charge < -0.3 is 16.2 Å². The Bertz CT molecular complexity index is 332. The normalized spacial score (nSPS) is 47.2. The van der Waals surface area contributed by atoms with Crippen LogP contribution in [0.25, 0.3) is 0 Å². The molecular weight excluding hydrogens is 228 g/mol. The van der Waals surface area contributed by atoms with Crippen molar-refractivity contribution in [3.05, 3.63) is 0 Å². The van der Waals surface area contributed by atoms with E-state index in [0.717, 1.165) is 38.5 Å². The lowest BCUT2D eigenvalue weighted by atomic mass is 9.83. The maximum atomic E-state index is 12.4. The van der Waals surface area contributed by atoms with E-state index in [0.29, 0.717) is 11.8 Å². The Kier molecular flexibility index (Phi) is 3.32. The Morgan fingerprint density at radius 2 is 1.83 bits per heavy atom. The van der Waals surface area contributed by atoms with E-state index in [1.54, 1.807) is 0 Å². The average molecular weight is 252 g/mol. The molecule has 2 bridgehead atoms. The Hall–Kier alpha value is -0.610. The summed E-state index contributed by atoms with van der Waals surface area (Å²) in [5.41, 5.74) is 6.18. The highest BCUT2D eigenvalue weighted by Crippen LogP contribution is 2.47. The highest BCUT2D eigenvalue weighted by molar-refractivity contribution is 5.80. The molecule has 3 rings (SSSR count). The standard InChI is InChI=1S/C14H24N2O2/c15-13-9-6-5-8(7-9)12(13)14(18)16-10-3-1-2-4-11(10)17/h8-13,17H,1-7,15H2,(H,16,18)/t8?,9?,10-,11-,12?,13?/m1/s1. The molecule has 3 fully saturated rings. The van der Waals surface area contributed by atoms with Gasteiger partial charge in [-0.05, 0) is 43.9 Å². The molecule has 0 spiro atoms. The molecule has 0 saturated heterocycles. The highest BCUT2D eigenvalue weighted by Gasteiger charge is 2.49. The van der Waals surface area contributed by atoms with Gasteiger partial charge in [0, 0.05) is 6.04 Å². The number of carbonyl (C=O) groups is 1. The van der Waals surface area contributed by atoms with Crippen LogP contribution in [0.15, 0.2) is 0 Å². The number of hydrogen-bond donors (Lipinski definition) is 3. The van der Waals surface area contributed by atoms with Crippen LogP contribution in [-0.2, 0) is 4.79 Å². The van der Waals surface area contributed by atoms with Crippen LogP contribution in [0, 0.1) is 17.8 Å². The van der Waals surface area contributed by atoms with Crippen LogP contribution in [0.2, 0.25) is 0 Å². The molecular formula is C14H24N2O2. The van der Waals surface area contributed by atoms with E-state index in [1.165, 1.54) is 6.42 Å². The Labute approximate surface area is 108 Å². The van der Waals surface area contributed by atoms with E-state index < -0.39 is 0 Å². The lowest BCUT2D eigenvalue weighted by molar-refractivity contribution is -0.129. The summed E-state index contributed by atoms with van der Waals surface area (Å²) in [6.45, 7) is 0. The Morgan fingerprint density at radius 3 is 2.50 bits per heavy atom. The van der Waals surface area contributed by atoms with E-state index in [-0.39, 0.29) is 30.0 Å². The van der Waals surface area contributed by atoms with Gasteiger partial charge in [-0.15, -0.1) is 0 Å². The minimum Gasteiger partial charge on any atom is -0.391 e. The minimum absolute atomic E-state index is 0.00197. The summed E-state index contributed by atoms with van der Waals surface area (Å²) < 4.78 is 0. The van der Waals surface area contributed by atoms with Crippen molar-refractivity contribution in [2.45, 2.75) is 63.1 Å². The zero-order chi connectivity index (χ0) is 12.7. The second-order valence-corrected chi connectivity index (χ2v) is 6.40. The largest absolute Gasteiger partial charge is 0.391 e. The van der Waals surface area contributed by atoms with E-state index in [2.05, 4.69) is 5.32 Å². The third-order valence-electron chi connectivity index (χ3n) is 5.34. The lowest BCUT2D eigenvalue weighted by Crippen LogP contribution is -2.51. The van der Waals surface area contributed by atoms with E-state index in [4.69, 9.17) is 5.73 Å². The Balaban J connectivity index is 1.61. The van der Waals surface area contributed by atoms with Crippen molar-refractivity contribution in [3.8, 4) is 0 Å². The number of nitrogens with two attached hydrogens (primary N) is 1. The summed E-state index contributed by atoms with van der Waals surface area (Å²) in [6.07, 6.45) is 7.01. The maximum Gasteiger partial charge on any atom is 0.225 e. The first-order chi connectivity index (χ1) is 8.66. The summed E-state index contributed by atoms with van der Waals surface area (Å²) in [5, 5.41) is 13.0. The van der Waals surface area contributed by atoms with Crippen molar-refractivity contribution >= 4 is 5.91 Å². The molecule has 0 aliphatic heterocycles. The smallest absolute Gasteiger partial charge is 0.225 e. The molecule has 4 N–H and O–H groups in total. The molecule has 0 aromatic heterocycles. The molecule has 0 aromatic carbocycles. The van der Waals surface area contributed by atoms with Crippen LogP contribution in [0.4, 0.5) is 0 Å². The third-order valence-corrected chi connectivity index (χ3v) is 5.34. The SMILES string of the molecule is NC1C2CCC(C2)C1C(=O)N[C@@H]1CCCC[C@H]1O. The van der Waals surface area contributed by atoms with Gasteiger partial charge in [-0.3, -0.25) is 4.79 Å². The predicted octanol–water partition coefficient (Wildman–Crippen LogP) is 0.779. The van der Waals surface area contributed by atoms with Gasteiger partial charge in [0.2, 0.25) is 5.91 Å². The van der Waals surface area contributed by atoms with Gasteiger partial charge in [-0.2, -0.15) is 0 Å². The van der Waals surface area contributed by atoms with E-state index in [1.807, 2.05) is 0 Å². The minimum atomic E-state index is -0.363. The fourth-order valence-electron chi connectivity index (χ4n) is 4.28. The van der Waals surface area contributed by atoms with Crippen molar-refractivity contribution in [2.75, 3.05) is 0 Å². The molecule has 3 aliphatic carbocycles. The molecule has 0 heterocycles. The van der Waals surface area contributed by atoms with Gasteiger partial charge in [0.25, 0.3) is 0 Å².